The number of carbonyl (C=O) groups is 1. The Bertz CT molecular complexity index is 1060. The van der Waals surface area contributed by atoms with E-state index in [1.54, 1.807) is 11.3 Å². The minimum atomic E-state index is 0.0238. The molecule has 1 amide bonds. The van der Waals surface area contributed by atoms with Gasteiger partial charge in [0.25, 0.3) is 5.91 Å². The van der Waals surface area contributed by atoms with Gasteiger partial charge in [0, 0.05) is 42.3 Å². The van der Waals surface area contributed by atoms with E-state index in [-0.39, 0.29) is 11.9 Å². The van der Waals surface area contributed by atoms with Crippen molar-refractivity contribution in [3.63, 3.8) is 0 Å². The zero-order chi connectivity index (χ0) is 20.7. The van der Waals surface area contributed by atoms with E-state index in [0.717, 1.165) is 72.9 Å². The second-order valence-corrected chi connectivity index (χ2v) is 9.61. The molecular formula is C23H29N5OS. The lowest BCUT2D eigenvalue weighted by Gasteiger charge is -2.34. The predicted molar refractivity (Wildman–Crippen MR) is 120 cm³/mol. The van der Waals surface area contributed by atoms with Gasteiger partial charge < -0.3 is 9.80 Å². The highest BCUT2D eigenvalue weighted by atomic mass is 32.1. The van der Waals surface area contributed by atoms with Crippen LogP contribution in [0.1, 0.15) is 70.9 Å². The Morgan fingerprint density at radius 1 is 1.17 bits per heavy atom. The Balaban J connectivity index is 1.46. The topological polar surface area (TPSA) is 53.7 Å². The fourth-order valence-electron chi connectivity index (χ4n) is 4.74. The molecule has 2 fully saturated rings. The number of anilines is 1. The zero-order valence-electron chi connectivity index (χ0n) is 17.8. The first-order valence-electron chi connectivity index (χ1n) is 11.2. The minimum absolute atomic E-state index is 0.0238. The molecule has 0 N–H and O–H groups in total. The van der Waals surface area contributed by atoms with E-state index in [0.29, 0.717) is 0 Å². The molecule has 6 nitrogen and oxygen atoms in total. The van der Waals surface area contributed by atoms with Crippen molar-refractivity contribution >= 4 is 28.7 Å². The standard InChI is InChI=1S/C23H29N5OS/c1-3-17-9-10-20(30-17)23(29)27-13-5-4-8-19(27)18-14-21-24-22(26-11-6-7-12-26)16(2)15-28(21)25-18/h9-10,14-15,19H,3-8,11-13H2,1-2H3/t19-/m0/s1. The molecule has 1 atom stereocenters. The number of hydrogen-bond donors (Lipinski definition) is 0. The molecule has 0 radical (unpaired) electrons. The van der Waals surface area contributed by atoms with Gasteiger partial charge in [0.2, 0.25) is 0 Å². The molecule has 0 aromatic carbocycles. The lowest BCUT2D eigenvalue weighted by atomic mass is 9.99. The first-order valence-corrected chi connectivity index (χ1v) is 12.0. The van der Waals surface area contributed by atoms with Crippen LogP contribution in [-0.4, -0.2) is 45.0 Å². The van der Waals surface area contributed by atoms with Crippen LogP contribution in [0.2, 0.25) is 0 Å². The number of amides is 1. The summed E-state index contributed by atoms with van der Waals surface area (Å²) in [5.41, 5.74) is 2.99. The summed E-state index contributed by atoms with van der Waals surface area (Å²) >= 11 is 1.62. The van der Waals surface area contributed by atoms with E-state index in [9.17, 15) is 4.79 Å². The second-order valence-electron chi connectivity index (χ2n) is 8.44. The van der Waals surface area contributed by atoms with Crippen LogP contribution in [0.4, 0.5) is 5.82 Å². The van der Waals surface area contributed by atoms with Gasteiger partial charge in [-0.1, -0.05) is 6.92 Å². The highest BCUT2D eigenvalue weighted by molar-refractivity contribution is 7.14. The third-order valence-corrected chi connectivity index (χ3v) is 7.57. The first-order chi connectivity index (χ1) is 14.6. The van der Waals surface area contributed by atoms with Crippen molar-refractivity contribution in [2.24, 2.45) is 0 Å². The number of hydrogen-bond acceptors (Lipinski definition) is 5. The van der Waals surface area contributed by atoms with E-state index < -0.39 is 0 Å². The molecule has 3 aromatic rings. The van der Waals surface area contributed by atoms with E-state index in [2.05, 4.69) is 37.1 Å². The molecule has 2 saturated heterocycles. The van der Waals surface area contributed by atoms with E-state index in [1.165, 1.54) is 17.7 Å². The van der Waals surface area contributed by atoms with Gasteiger partial charge in [-0.05, 0) is 57.6 Å². The van der Waals surface area contributed by atoms with Gasteiger partial charge in [-0.25, -0.2) is 9.50 Å². The zero-order valence-corrected chi connectivity index (χ0v) is 18.6. The average Bonchev–Trinajstić information content (AvgIpc) is 3.52. The Morgan fingerprint density at radius 2 is 1.97 bits per heavy atom. The molecule has 0 aliphatic carbocycles. The van der Waals surface area contributed by atoms with E-state index in [1.807, 2.05) is 15.5 Å². The van der Waals surface area contributed by atoms with Gasteiger partial charge in [-0.3, -0.25) is 4.79 Å². The molecule has 5 rings (SSSR count). The third-order valence-electron chi connectivity index (χ3n) is 6.36. The van der Waals surface area contributed by atoms with Crippen LogP contribution in [0.15, 0.2) is 24.4 Å². The number of aromatic nitrogens is 3. The van der Waals surface area contributed by atoms with Gasteiger partial charge in [0.1, 0.15) is 5.82 Å². The highest BCUT2D eigenvalue weighted by Crippen LogP contribution is 2.33. The van der Waals surface area contributed by atoms with Crippen LogP contribution in [0.25, 0.3) is 5.65 Å². The van der Waals surface area contributed by atoms with Crippen molar-refractivity contribution in [3.8, 4) is 0 Å². The quantitative estimate of drug-likeness (QED) is 0.614. The maximum Gasteiger partial charge on any atom is 0.264 e. The van der Waals surface area contributed by atoms with Gasteiger partial charge >= 0.3 is 0 Å². The fraction of sp³-hybridized carbons (Fsp3) is 0.522. The van der Waals surface area contributed by atoms with Gasteiger partial charge in [-0.2, -0.15) is 5.10 Å². The number of nitrogens with zero attached hydrogens (tertiary/aromatic N) is 5. The molecule has 30 heavy (non-hydrogen) atoms. The van der Waals surface area contributed by atoms with E-state index >= 15 is 0 Å². The summed E-state index contributed by atoms with van der Waals surface area (Å²) in [5.74, 6) is 1.22. The number of carbonyl (C=O) groups excluding carboxylic acids is 1. The minimum Gasteiger partial charge on any atom is -0.356 e. The molecule has 2 aliphatic heterocycles. The Hall–Kier alpha value is -2.41. The van der Waals surface area contributed by atoms with Crippen LogP contribution in [0.5, 0.6) is 0 Å². The molecule has 7 heteroatoms. The molecule has 2 aliphatic rings. The maximum absolute atomic E-state index is 13.3. The molecule has 3 aromatic heterocycles. The van der Waals surface area contributed by atoms with Crippen molar-refractivity contribution in [2.45, 2.75) is 58.4 Å². The third kappa shape index (κ3) is 3.49. The maximum atomic E-state index is 13.3. The molecule has 0 saturated carbocycles. The highest BCUT2D eigenvalue weighted by Gasteiger charge is 2.31. The summed E-state index contributed by atoms with van der Waals surface area (Å²) in [6.07, 6.45) is 8.66. The van der Waals surface area contributed by atoms with Crippen LogP contribution in [0, 0.1) is 6.92 Å². The lowest BCUT2D eigenvalue weighted by molar-refractivity contribution is 0.0611. The van der Waals surface area contributed by atoms with Gasteiger partial charge in [0.15, 0.2) is 5.65 Å². The summed E-state index contributed by atoms with van der Waals surface area (Å²) in [4.78, 5) is 24.7. The largest absolute Gasteiger partial charge is 0.356 e. The van der Waals surface area contributed by atoms with Crippen molar-refractivity contribution in [3.05, 3.63) is 45.4 Å². The van der Waals surface area contributed by atoms with Crippen molar-refractivity contribution in [1.82, 2.24) is 19.5 Å². The second kappa shape index (κ2) is 8.02. The SMILES string of the molecule is CCc1ccc(C(=O)N2CCCC[C@H]2c2cc3nc(N4CCCC4)c(C)cn3n2)s1. The lowest BCUT2D eigenvalue weighted by Crippen LogP contribution is -2.38. The summed E-state index contributed by atoms with van der Waals surface area (Å²) in [7, 11) is 0. The van der Waals surface area contributed by atoms with Crippen LogP contribution in [-0.2, 0) is 6.42 Å². The first kappa shape index (κ1) is 19.5. The molecular weight excluding hydrogens is 394 g/mol. The number of thiophene rings is 1. The molecule has 0 spiro atoms. The predicted octanol–water partition coefficient (Wildman–Crippen LogP) is 4.63. The number of rotatable bonds is 4. The Morgan fingerprint density at radius 3 is 2.73 bits per heavy atom. The van der Waals surface area contributed by atoms with Gasteiger partial charge in [0.05, 0.1) is 16.6 Å². The number of aryl methyl sites for hydroxylation is 2. The van der Waals surface area contributed by atoms with Gasteiger partial charge in [-0.15, -0.1) is 11.3 Å². The molecule has 0 bridgehead atoms. The smallest absolute Gasteiger partial charge is 0.264 e. The molecule has 158 valence electrons. The van der Waals surface area contributed by atoms with E-state index in [4.69, 9.17) is 10.1 Å². The number of fused-ring (bicyclic) bond motifs is 1. The van der Waals surface area contributed by atoms with Crippen molar-refractivity contribution in [1.29, 1.82) is 0 Å². The number of likely N-dealkylation sites (tertiary alicyclic amines) is 1. The average molecular weight is 424 g/mol. The molecule has 0 unspecified atom stereocenters. The summed E-state index contributed by atoms with van der Waals surface area (Å²) in [6.45, 7) is 7.20. The summed E-state index contributed by atoms with van der Waals surface area (Å²) in [6, 6.07) is 6.17. The van der Waals surface area contributed by atoms with Crippen LogP contribution in [0.3, 0.4) is 0 Å². The number of piperidine rings is 1. The van der Waals surface area contributed by atoms with Crippen LogP contribution < -0.4 is 4.90 Å². The van der Waals surface area contributed by atoms with Crippen molar-refractivity contribution < 1.29 is 4.79 Å². The normalized spacial score (nSPS) is 19.7. The fourth-order valence-corrected chi connectivity index (χ4v) is 5.64. The Labute approximate surface area is 181 Å². The summed E-state index contributed by atoms with van der Waals surface area (Å²) < 4.78 is 1.89. The molecule has 5 heterocycles. The summed E-state index contributed by atoms with van der Waals surface area (Å²) in [5, 5.41) is 4.86. The van der Waals surface area contributed by atoms with Crippen LogP contribution >= 0.6 is 11.3 Å². The van der Waals surface area contributed by atoms with Crippen molar-refractivity contribution in [2.75, 3.05) is 24.5 Å². The Kier molecular flexibility index (Phi) is 5.23. The monoisotopic (exact) mass is 423 g/mol.